The second-order valence-electron chi connectivity index (χ2n) is 29.5. The van der Waals surface area contributed by atoms with Crippen molar-refractivity contribution in [3.05, 3.63) is 430 Å². The van der Waals surface area contributed by atoms with Gasteiger partial charge in [0.1, 0.15) is 57.0 Å². The molecule has 8 heteroatoms. The third-order valence-electron chi connectivity index (χ3n) is 23.7. The first-order valence-corrected chi connectivity index (χ1v) is 37.7. The molecular formula is C102H66F2N2O4. The number of nitrogens with zero attached hydrogens (tertiary/aromatic N) is 2. The number of furan rings is 2. The Bertz CT molecular complexity index is 6330. The minimum absolute atomic E-state index is 0.298. The van der Waals surface area contributed by atoms with E-state index in [9.17, 15) is 0 Å². The van der Waals surface area contributed by atoms with E-state index in [4.69, 9.17) is 18.3 Å². The summed E-state index contributed by atoms with van der Waals surface area (Å²) in [5.74, 6) is 2.53. The molecule has 0 saturated carbocycles. The Balaban J connectivity index is 0.662. The molecule has 0 amide bonds. The lowest BCUT2D eigenvalue weighted by Crippen LogP contribution is -2.29. The van der Waals surface area contributed by atoms with Crippen molar-refractivity contribution in [3.8, 4) is 56.4 Å². The maximum Gasteiger partial charge on any atom is 0.135 e. The van der Waals surface area contributed by atoms with Gasteiger partial charge in [0.05, 0.1) is 10.8 Å². The second kappa shape index (κ2) is 24.9. The van der Waals surface area contributed by atoms with Gasteiger partial charge in [-0.15, -0.1) is 0 Å². The van der Waals surface area contributed by atoms with Crippen LogP contribution in [0.4, 0.5) is 42.9 Å². The fraction of sp³-hybridized carbons (Fsp3) is 0.0588. The molecule has 2 aromatic heterocycles. The second-order valence-corrected chi connectivity index (χ2v) is 29.5. The van der Waals surface area contributed by atoms with Crippen LogP contribution < -0.4 is 19.3 Å². The number of ether oxygens (including phenoxy) is 2. The summed E-state index contributed by atoms with van der Waals surface area (Å²) in [6.45, 7) is 0. The maximum atomic E-state index is 15.3. The SMILES string of the molecule is Fc1ccc(C2(c3ccc(Oc4ccc5c(c4)CC5)cc3)c3ccccc3-c3ccc(N(c4ccc(-c5ccc(N(c6ccc7c(c6)C(c6ccc(F)cc6)(c6ccc(Oc8ccc9c(c8)CC9)cc6)c6ccccc6-7)c6ccc7oc8ccccc8c7c6)cc5)cc4)c4ccc5oc6ccccc6c5c4)cc32)cc1. The number of benzene rings is 16. The van der Waals surface area contributed by atoms with Crippen molar-refractivity contribution in [3.63, 3.8) is 0 Å². The Morgan fingerprint density at radius 3 is 0.973 bits per heavy atom. The number of para-hydroxylation sites is 2. The van der Waals surface area contributed by atoms with Crippen molar-refractivity contribution in [1.82, 2.24) is 0 Å². The predicted molar refractivity (Wildman–Crippen MR) is 438 cm³/mol. The molecule has 0 N–H and O–H groups in total. The van der Waals surface area contributed by atoms with E-state index in [1.807, 2.05) is 48.5 Å². The quantitative estimate of drug-likeness (QED) is 0.102. The van der Waals surface area contributed by atoms with Gasteiger partial charge < -0.3 is 28.1 Å². The third kappa shape index (κ3) is 9.98. The van der Waals surface area contributed by atoms with Gasteiger partial charge in [0.15, 0.2) is 0 Å². The lowest BCUT2D eigenvalue weighted by molar-refractivity contribution is 0.480. The number of anilines is 6. The molecule has 110 heavy (non-hydrogen) atoms. The van der Waals surface area contributed by atoms with Gasteiger partial charge in [-0.1, -0.05) is 182 Å². The van der Waals surface area contributed by atoms with Crippen LogP contribution in [0, 0.1) is 11.6 Å². The molecule has 16 aromatic carbocycles. The molecule has 0 radical (unpaired) electrons. The minimum Gasteiger partial charge on any atom is -0.457 e. The van der Waals surface area contributed by atoms with E-state index in [0.29, 0.717) is 0 Å². The summed E-state index contributed by atoms with van der Waals surface area (Å²) in [7, 11) is 0. The number of hydrogen-bond acceptors (Lipinski definition) is 6. The lowest BCUT2D eigenvalue weighted by atomic mass is 9.67. The molecule has 2 atom stereocenters. The van der Waals surface area contributed by atoms with Crippen molar-refractivity contribution >= 4 is 78.0 Å². The van der Waals surface area contributed by atoms with E-state index < -0.39 is 10.8 Å². The molecule has 0 spiro atoms. The molecule has 0 bridgehead atoms. The Labute approximate surface area is 634 Å². The number of rotatable bonds is 15. The lowest BCUT2D eigenvalue weighted by Gasteiger charge is -2.35. The van der Waals surface area contributed by atoms with E-state index in [1.165, 1.54) is 22.3 Å². The molecule has 18 aromatic rings. The number of hydrogen-bond donors (Lipinski definition) is 0. The average Bonchev–Trinajstić information content (AvgIpc) is 1.54. The van der Waals surface area contributed by atoms with Gasteiger partial charge in [0.25, 0.3) is 0 Å². The highest BCUT2D eigenvalue weighted by Gasteiger charge is 2.48. The third-order valence-corrected chi connectivity index (χ3v) is 23.7. The fourth-order valence-corrected chi connectivity index (χ4v) is 18.3. The summed E-state index contributed by atoms with van der Waals surface area (Å²) >= 11 is 0. The molecule has 522 valence electrons. The van der Waals surface area contributed by atoms with E-state index in [-0.39, 0.29) is 11.6 Å². The summed E-state index contributed by atoms with van der Waals surface area (Å²) in [5.41, 5.74) is 27.5. The highest BCUT2D eigenvalue weighted by Crippen LogP contribution is 2.60. The van der Waals surface area contributed by atoms with Gasteiger partial charge in [-0.25, -0.2) is 8.78 Å². The Kier molecular flexibility index (Phi) is 14.4. The molecule has 2 unspecified atom stereocenters. The van der Waals surface area contributed by atoms with Crippen molar-refractivity contribution in [2.24, 2.45) is 0 Å². The van der Waals surface area contributed by atoms with Gasteiger partial charge in [-0.05, 0) is 296 Å². The van der Waals surface area contributed by atoms with Crippen LogP contribution in [-0.4, -0.2) is 0 Å². The molecule has 0 fully saturated rings. The molecule has 2 heterocycles. The van der Waals surface area contributed by atoms with Crippen molar-refractivity contribution in [2.45, 2.75) is 36.5 Å². The molecule has 22 rings (SSSR count). The first kappa shape index (κ1) is 63.5. The first-order chi connectivity index (χ1) is 54.2. The van der Waals surface area contributed by atoms with Gasteiger partial charge >= 0.3 is 0 Å². The summed E-state index contributed by atoms with van der Waals surface area (Å²) in [4.78, 5) is 4.68. The average molecular weight is 1420 g/mol. The van der Waals surface area contributed by atoms with Crippen LogP contribution in [0.15, 0.2) is 361 Å². The van der Waals surface area contributed by atoms with E-state index >= 15 is 8.78 Å². The molecule has 4 aliphatic carbocycles. The van der Waals surface area contributed by atoms with E-state index in [0.717, 1.165) is 205 Å². The Morgan fingerprint density at radius 2 is 0.573 bits per heavy atom. The van der Waals surface area contributed by atoms with Crippen LogP contribution in [0.1, 0.15) is 66.8 Å². The molecule has 6 nitrogen and oxygen atoms in total. The number of fused-ring (bicyclic) bond motifs is 14. The van der Waals surface area contributed by atoms with E-state index in [2.05, 4.69) is 289 Å². The topological polar surface area (TPSA) is 51.2 Å². The molecule has 4 aliphatic rings. The van der Waals surface area contributed by atoms with Gasteiger partial charge in [-0.3, -0.25) is 0 Å². The zero-order chi connectivity index (χ0) is 72.8. The summed E-state index contributed by atoms with van der Waals surface area (Å²) in [6.07, 6.45) is 4.34. The van der Waals surface area contributed by atoms with Crippen LogP contribution in [0.3, 0.4) is 0 Å². The largest absolute Gasteiger partial charge is 0.457 e. The van der Waals surface area contributed by atoms with Crippen LogP contribution in [0.5, 0.6) is 23.0 Å². The van der Waals surface area contributed by atoms with Crippen molar-refractivity contribution < 1.29 is 27.1 Å². The maximum absolute atomic E-state index is 15.3. The van der Waals surface area contributed by atoms with Gasteiger partial charge in [0, 0.05) is 55.7 Å². The Hall–Kier alpha value is -13.8. The minimum atomic E-state index is -0.862. The van der Waals surface area contributed by atoms with E-state index in [1.54, 1.807) is 24.3 Å². The molecular weight excluding hydrogens is 1360 g/mol. The smallest absolute Gasteiger partial charge is 0.135 e. The van der Waals surface area contributed by atoms with Gasteiger partial charge in [-0.2, -0.15) is 0 Å². The standard InChI is InChI=1S/C102H66F2N2O4/c103-73-35-27-69(28-36-73)101(71-31-49-81(50-32-71)107-83-47-25-65-17-19-67(65)57-83)93-13-5-1-9-85(93)87-53-43-79(61-95(87)101)105(77-45-55-99-91(59-77)89-11-3-7-15-97(89)109-99)75-39-21-63(22-40-75)64-23-41-76(42-24-64)106(78-46-56-100-92(60-78)90-12-4-8-16-98(90)110-100)80-44-54-88-86-10-2-6-14-94(86)102(96(88)62-80,70-29-37-74(104)38-30-70)72-33-51-82(52-34-72)108-84-48-26-66-18-20-68(66)58-84/h1-16,21-62H,17-20H2. The number of aryl methyl sites for hydroxylation is 4. The monoisotopic (exact) mass is 1420 g/mol. The van der Waals surface area contributed by atoms with Gasteiger partial charge in [0.2, 0.25) is 0 Å². The summed E-state index contributed by atoms with van der Waals surface area (Å²) in [5, 5.41) is 4.09. The highest BCUT2D eigenvalue weighted by atomic mass is 19.1. The van der Waals surface area contributed by atoms with Crippen molar-refractivity contribution in [2.75, 3.05) is 9.80 Å². The van der Waals surface area contributed by atoms with Crippen LogP contribution in [-0.2, 0) is 36.5 Å². The van der Waals surface area contributed by atoms with Crippen LogP contribution in [0.25, 0.3) is 77.3 Å². The fourth-order valence-electron chi connectivity index (χ4n) is 18.3. The normalized spacial score (nSPS) is 15.5. The molecule has 0 aliphatic heterocycles. The zero-order valence-corrected chi connectivity index (χ0v) is 59.6. The zero-order valence-electron chi connectivity index (χ0n) is 59.6. The van der Waals surface area contributed by atoms with Crippen molar-refractivity contribution in [1.29, 1.82) is 0 Å². The highest BCUT2D eigenvalue weighted by molar-refractivity contribution is 6.08. The summed E-state index contributed by atoms with van der Waals surface area (Å²) < 4.78 is 56.7. The van der Waals surface area contributed by atoms with Crippen LogP contribution in [0.2, 0.25) is 0 Å². The van der Waals surface area contributed by atoms with Crippen LogP contribution >= 0.6 is 0 Å². The first-order valence-electron chi connectivity index (χ1n) is 37.7. The Morgan fingerprint density at radius 1 is 0.245 bits per heavy atom. The number of halogens is 2. The predicted octanol–water partition coefficient (Wildman–Crippen LogP) is 26.9. The summed E-state index contributed by atoms with van der Waals surface area (Å²) in [6, 6.07) is 122. The molecule has 0 saturated heterocycles.